The molecule has 1 N–H and O–H groups in total. The van der Waals surface area contributed by atoms with Crippen LogP contribution in [0.25, 0.3) is 22.3 Å². The molecule has 0 saturated carbocycles. The van der Waals surface area contributed by atoms with Crippen molar-refractivity contribution in [1.82, 2.24) is 14.8 Å². The SMILES string of the molecule is CC(F)Oc1cccc(-c2nn(C[C@H](C)O)c3cc(C(=O)CC4(C)CS(=O)(=O)C4)cnc23)c1. The molecule has 1 fully saturated rings. The number of benzene rings is 1. The molecule has 1 aliphatic heterocycles. The fraction of sp³-hybridized carbons (Fsp3) is 0.435. The lowest BCUT2D eigenvalue weighted by Gasteiger charge is -2.37. The lowest BCUT2D eigenvalue weighted by atomic mass is 9.86. The normalized spacial score (nSPS) is 18.5. The first-order valence-electron chi connectivity index (χ1n) is 10.6. The Hall–Kier alpha value is -2.85. The molecule has 4 rings (SSSR count). The molecular weight excluding hydrogens is 449 g/mol. The molecule has 2 aromatic heterocycles. The highest BCUT2D eigenvalue weighted by Crippen LogP contribution is 2.37. The number of aliphatic hydroxyl groups excluding tert-OH is 1. The highest BCUT2D eigenvalue weighted by Gasteiger charge is 2.45. The molecular formula is C23H26FN3O5S. The molecule has 8 nitrogen and oxygen atoms in total. The number of ether oxygens (including phenoxy) is 1. The number of pyridine rings is 1. The van der Waals surface area contributed by atoms with Crippen LogP contribution < -0.4 is 4.74 Å². The Morgan fingerprint density at radius 3 is 2.67 bits per heavy atom. The van der Waals surface area contributed by atoms with Gasteiger partial charge in [-0.2, -0.15) is 5.10 Å². The van der Waals surface area contributed by atoms with E-state index in [4.69, 9.17) is 4.74 Å². The number of fused-ring (bicyclic) bond motifs is 1. The number of rotatable bonds is 8. The second-order valence-corrected chi connectivity index (χ2v) is 11.2. The van der Waals surface area contributed by atoms with Gasteiger partial charge in [0.15, 0.2) is 15.6 Å². The summed E-state index contributed by atoms with van der Waals surface area (Å²) in [6.45, 7) is 4.90. The summed E-state index contributed by atoms with van der Waals surface area (Å²) in [7, 11) is -3.05. The van der Waals surface area contributed by atoms with E-state index in [1.54, 1.807) is 48.9 Å². The first kappa shape index (κ1) is 23.3. The Labute approximate surface area is 191 Å². The van der Waals surface area contributed by atoms with E-state index in [-0.39, 0.29) is 30.3 Å². The second-order valence-electron chi connectivity index (χ2n) is 9.10. The maximum Gasteiger partial charge on any atom is 0.235 e. The molecule has 0 bridgehead atoms. The van der Waals surface area contributed by atoms with E-state index in [2.05, 4.69) is 10.1 Å². The molecule has 0 aliphatic carbocycles. The smallest absolute Gasteiger partial charge is 0.235 e. The standard InChI is InChI=1S/C23H26FN3O5S/c1-14(28)11-27-19-8-17(20(29)9-23(3)12-33(30,31)13-23)10-25-22(19)21(26-27)16-5-4-6-18(7-16)32-15(2)24/h4-8,10,14-15,28H,9,11-13H2,1-3H3/t14-,15?/m0/s1. The van der Waals surface area contributed by atoms with Crippen molar-refractivity contribution in [3.05, 3.63) is 42.1 Å². The van der Waals surface area contributed by atoms with Crippen molar-refractivity contribution in [1.29, 1.82) is 0 Å². The number of hydrogen-bond acceptors (Lipinski definition) is 7. The number of Topliss-reactive ketones (excluding diaryl/α,β-unsaturated/α-hetero) is 1. The van der Waals surface area contributed by atoms with Crippen molar-refractivity contribution in [3.63, 3.8) is 0 Å². The lowest BCUT2D eigenvalue weighted by Crippen LogP contribution is -2.47. The minimum atomic E-state index is -3.05. The summed E-state index contributed by atoms with van der Waals surface area (Å²) in [6, 6.07) is 8.48. The fourth-order valence-electron chi connectivity index (χ4n) is 4.31. The van der Waals surface area contributed by atoms with Gasteiger partial charge in [-0.05, 0) is 25.1 Å². The summed E-state index contributed by atoms with van der Waals surface area (Å²) in [4.78, 5) is 17.4. The average Bonchev–Trinajstić information content (AvgIpc) is 3.03. The number of aromatic nitrogens is 3. The molecule has 0 spiro atoms. The Morgan fingerprint density at radius 1 is 1.30 bits per heavy atom. The van der Waals surface area contributed by atoms with E-state index < -0.39 is 27.7 Å². The third kappa shape index (κ3) is 5.06. The van der Waals surface area contributed by atoms with Crippen LogP contribution in [0.5, 0.6) is 5.75 Å². The summed E-state index contributed by atoms with van der Waals surface area (Å²) >= 11 is 0. The van der Waals surface area contributed by atoms with Crippen molar-refractivity contribution >= 4 is 26.7 Å². The number of aliphatic hydroxyl groups is 1. The first-order chi connectivity index (χ1) is 15.4. The molecule has 3 heterocycles. The third-order valence-electron chi connectivity index (χ3n) is 5.48. The van der Waals surface area contributed by atoms with Crippen LogP contribution in [-0.2, 0) is 16.4 Å². The summed E-state index contributed by atoms with van der Waals surface area (Å²) in [5, 5.41) is 14.5. The maximum atomic E-state index is 13.3. The highest BCUT2D eigenvalue weighted by molar-refractivity contribution is 7.92. The van der Waals surface area contributed by atoms with Crippen LogP contribution in [0.4, 0.5) is 4.39 Å². The van der Waals surface area contributed by atoms with Crippen LogP contribution in [-0.4, -0.2) is 58.0 Å². The number of sulfone groups is 1. The Balaban J connectivity index is 1.71. The highest BCUT2D eigenvalue weighted by atomic mass is 32.2. The van der Waals surface area contributed by atoms with Crippen molar-refractivity contribution in [2.75, 3.05) is 11.5 Å². The van der Waals surface area contributed by atoms with E-state index >= 15 is 0 Å². The molecule has 1 aliphatic rings. The van der Waals surface area contributed by atoms with E-state index in [9.17, 15) is 22.7 Å². The van der Waals surface area contributed by atoms with Gasteiger partial charge in [0.1, 0.15) is 17.0 Å². The van der Waals surface area contributed by atoms with Crippen molar-refractivity contribution < 1.29 is 27.4 Å². The Kier molecular flexibility index (Phi) is 6.00. The van der Waals surface area contributed by atoms with Crippen LogP contribution in [0.3, 0.4) is 0 Å². The molecule has 1 unspecified atom stereocenters. The van der Waals surface area contributed by atoms with Gasteiger partial charge in [-0.3, -0.25) is 14.5 Å². The Morgan fingerprint density at radius 2 is 2.03 bits per heavy atom. The lowest BCUT2D eigenvalue weighted by molar-refractivity contribution is 0.0860. The van der Waals surface area contributed by atoms with Crippen LogP contribution in [0, 0.1) is 5.41 Å². The number of alkyl halides is 1. The van der Waals surface area contributed by atoms with E-state index in [1.165, 1.54) is 13.1 Å². The number of ketones is 1. The molecule has 2 atom stereocenters. The van der Waals surface area contributed by atoms with Gasteiger partial charge in [0, 0.05) is 36.1 Å². The number of carbonyl (C=O) groups excluding carboxylic acids is 1. The van der Waals surface area contributed by atoms with Crippen molar-refractivity contribution in [2.45, 2.75) is 46.2 Å². The fourth-order valence-corrected chi connectivity index (χ4v) is 6.55. The molecule has 33 heavy (non-hydrogen) atoms. The number of nitrogens with zero attached hydrogens (tertiary/aromatic N) is 3. The molecule has 176 valence electrons. The summed E-state index contributed by atoms with van der Waals surface area (Å²) < 4.78 is 43.2. The zero-order valence-corrected chi connectivity index (χ0v) is 19.5. The summed E-state index contributed by atoms with van der Waals surface area (Å²) in [6.07, 6.45) is -0.591. The third-order valence-corrected chi connectivity index (χ3v) is 7.75. The largest absolute Gasteiger partial charge is 0.461 e. The van der Waals surface area contributed by atoms with Gasteiger partial charge < -0.3 is 9.84 Å². The molecule has 10 heteroatoms. The minimum Gasteiger partial charge on any atom is -0.461 e. The van der Waals surface area contributed by atoms with Gasteiger partial charge >= 0.3 is 0 Å². The zero-order chi connectivity index (χ0) is 24.0. The number of halogens is 1. The van der Waals surface area contributed by atoms with Gasteiger partial charge in [-0.15, -0.1) is 0 Å². The predicted octanol–water partition coefficient (Wildman–Crippen LogP) is 3.18. The van der Waals surface area contributed by atoms with Crippen LogP contribution in [0.2, 0.25) is 0 Å². The molecule has 1 saturated heterocycles. The van der Waals surface area contributed by atoms with Gasteiger partial charge in [-0.25, -0.2) is 12.8 Å². The quantitative estimate of drug-likeness (QED) is 0.498. The second kappa shape index (κ2) is 8.49. The molecule has 0 amide bonds. The first-order valence-corrected chi connectivity index (χ1v) is 12.5. The van der Waals surface area contributed by atoms with Gasteiger partial charge in [0.2, 0.25) is 6.36 Å². The van der Waals surface area contributed by atoms with Gasteiger partial charge in [0.05, 0.1) is 29.7 Å². The van der Waals surface area contributed by atoms with Crippen LogP contribution in [0.1, 0.15) is 37.6 Å². The minimum absolute atomic E-state index is 0.00142. The van der Waals surface area contributed by atoms with E-state index in [1.807, 2.05) is 0 Å². The van der Waals surface area contributed by atoms with Crippen molar-refractivity contribution in [3.8, 4) is 17.0 Å². The zero-order valence-electron chi connectivity index (χ0n) is 18.7. The topological polar surface area (TPSA) is 111 Å². The summed E-state index contributed by atoms with van der Waals surface area (Å²) in [5.74, 6) is 0.153. The van der Waals surface area contributed by atoms with E-state index in [0.29, 0.717) is 33.6 Å². The number of carbonyl (C=O) groups is 1. The van der Waals surface area contributed by atoms with Gasteiger partial charge in [-0.1, -0.05) is 19.1 Å². The molecule has 0 radical (unpaired) electrons. The van der Waals surface area contributed by atoms with Crippen LogP contribution in [0.15, 0.2) is 36.5 Å². The molecule has 1 aromatic carbocycles. The predicted molar refractivity (Wildman–Crippen MR) is 122 cm³/mol. The van der Waals surface area contributed by atoms with Crippen molar-refractivity contribution in [2.24, 2.45) is 5.41 Å². The monoisotopic (exact) mass is 475 g/mol. The number of hydrogen-bond donors (Lipinski definition) is 1. The van der Waals surface area contributed by atoms with E-state index in [0.717, 1.165) is 0 Å². The Bertz CT molecular complexity index is 1300. The molecule has 3 aromatic rings. The summed E-state index contributed by atoms with van der Waals surface area (Å²) in [5.41, 5.74) is 2.04. The maximum absolute atomic E-state index is 13.3. The average molecular weight is 476 g/mol. The van der Waals surface area contributed by atoms with Gasteiger partial charge in [0.25, 0.3) is 0 Å². The van der Waals surface area contributed by atoms with Crippen LogP contribution >= 0.6 is 0 Å².